The average Bonchev–Trinajstić information content (AvgIpc) is 2.37. The molecule has 0 aliphatic carbocycles. The Morgan fingerprint density at radius 1 is 1.39 bits per heavy atom. The van der Waals surface area contributed by atoms with Gasteiger partial charge in [-0.2, -0.15) is 0 Å². The Morgan fingerprint density at radius 3 is 2.78 bits per heavy atom. The molecule has 1 aliphatic rings. The summed E-state index contributed by atoms with van der Waals surface area (Å²) in [4.78, 5) is 24.7. The van der Waals surface area contributed by atoms with Gasteiger partial charge in [-0.05, 0) is 11.1 Å². The molecule has 0 fully saturated rings. The lowest BCUT2D eigenvalue weighted by atomic mass is 9.89. The minimum atomic E-state index is -0.896. The van der Waals surface area contributed by atoms with Gasteiger partial charge >= 0.3 is 5.97 Å². The van der Waals surface area contributed by atoms with Crippen molar-refractivity contribution < 1.29 is 14.7 Å². The molecule has 1 amide bonds. The molecule has 5 nitrogen and oxygen atoms in total. The van der Waals surface area contributed by atoms with E-state index in [-0.39, 0.29) is 25.4 Å². The lowest BCUT2D eigenvalue weighted by Crippen LogP contribution is -2.41. The van der Waals surface area contributed by atoms with E-state index in [4.69, 9.17) is 5.73 Å². The van der Waals surface area contributed by atoms with Crippen LogP contribution in [-0.4, -0.2) is 35.0 Å². The Balaban J connectivity index is 2.28. The standard InChI is InChI=1S/C13H16N2O3/c14-6-5-12(16)15-7-9-3-1-2-4-10(9)11(8-15)13(17)18/h1-4,11H,5-8,14H2,(H,17,18). The summed E-state index contributed by atoms with van der Waals surface area (Å²) in [5.74, 6) is -1.62. The number of amides is 1. The number of nitrogens with zero attached hydrogens (tertiary/aromatic N) is 1. The van der Waals surface area contributed by atoms with Gasteiger partial charge in [0.05, 0.1) is 5.92 Å². The van der Waals surface area contributed by atoms with Crippen LogP contribution in [0.4, 0.5) is 0 Å². The van der Waals surface area contributed by atoms with Crippen molar-refractivity contribution in [3.8, 4) is 0 Å². The van der Waals surface area contributed by atoms with Crippen LogP contribution in [0.25, 0.3) is 0 Å². The van der Waals surface area contributed by atoms with Gasteiger partial charge in [-0.1, -0.05) is 24.3 Å². The number of carboxylic acids is 1. The molecule has 5 heteroatoms. The molecule has 1 aromatic rings. The van der Waals surface area contributed by atoms with Crippen LogP contribution < -0.4 is 5.73 Å². The third-order valence-corrected chi connectivity index (χ3v) is 3.20. The predicted molar refractivity (Wildman–Crippen MR) is 65.9 cm³/mol. The molecule has 1 aromatic carbocycles. The van der Waals surface area contributed by atoms with Gasteiger partial charge in [-0.3, -0.25) is 9.59 Å². The minimum Gasteiger partial charge on any atom is -0.481 e. The number of aliphatic carboxylic acids is 1. The molecule has 0 saturated carbocycles. The molecule has 2 rings (SSSR count). The monoisotopic (exact) mass is 248 g/mol. The van der Waals surface area contributed by atoms with Crippen molar-refractivity contribution in [1.82, 2.24) is 4.90 Å². The summed E-state index contributed by atoms with van der Waals surface area (Å²) in [6.07, 6.45) is 0.258. The number of carbonyl (C=O) groups excluding carboxylic acids is 1. The van der Waals surface area contributed by atoms with E-state index in [1.165, 1.54) is 0 Å². The van der Waals surface area contributed by atoms with E-state index in [2.05, 4.69) is 0 Å². The van der Waals surface area contributed by atoms with Crippen molar-refractivity contribution in [2.24, 2.45) is 5.73 Å². The SMILES string of the molecule is NCCC(=O)N1Cc2ccccc2C(C(=O)O)C1. The van der Waals surface area contributed by atoms with Crippen molar-refractivity contribution in [3.05, 3.63) is 35.4 Å². The van der Waals surface area contributed by atoms with Crippen LogP contribution in [-0.2, 0) is 16.1 Å². The zero-order chi connectivity index (χ0) is 13.1. The lowest BCUT2D eigenvalue weighted by molar-refractivity contribution is -0.141. The van der Waals surface area contributed by atoms with Crippen molar-refractivity contribution in [1.29, 1.82) is 0 Å². The Kier molecular flexibility index (Phi) is 3.62. The van der Waals surface area contributed by atoms with Gasteiger partial charge in [0.25, 0.3) is 0 Å². The third-order valence-electron chi connectivity index (χ3n) is 3.20. The Labute approximate surface area is 105 Å². The lowest BCUT2D eigenvalue weighted by Gasteiger charge is -2.32. The smallest absolute Gasteiger partial charge is 0.312 e. The zero-order valence-electron chi connectivity index (χ0n) is 10.0. The van der Waals surface area contributed by atoms with Gasteiger partial charge in [0.15, 0.2) is 0 Å². The number of fused-ring (bicyclic) bond motifs is 1. The summed E-state index contributed by atoms with van der Waals surface area (Å²) in [5.41, 5.74) is 7.07. The fourth-order valence-electron chi connectivity index (χ4n) is 2.29. The fourth-order valence-corrected chi connectivity index (χ4v) is 2.29. The predicted octanol–water partition coefficient (Wildman–Crippen LogP) is 0.546. The van der Waals surface area contributed by atoms with Crippen molar-refractivity contribution in [2.45, 2.75) is 18.9 Å². The van der Waals surface area contributed by atoms with Crippen LogP contribution in [0.1, 0.15) is 23.5 Å². The Morgan fingerprint density at radius 2 is 2.11 bits per heavy atom. The first-order valence-electron chi connectivity index (χ1n) is 5.92. The van der Waals surface area contributed by atoms with Gasteiger partial charge in [0, 0.05) is 26.1 Å². The maximum atomic E-state index is 11.8. The van der Waals surface area contributed by atoms with Crippen molar-refractivity contribution in [3.63, 3.8) is 0 Å². The Hall–Kier alpha value is -1.88. The van der Waals surface area contributed by atoms with E-state index in [1.807, 2.05) is 24.3 Å². The minimum absolute atomic E-state index is 0.0850. The molecule has 0 spiro atoms. The van der Waals surface area contributed by atoms with Crippen LogP contribution in [0.5, 0.6) is 0 Å². The van der Waals surface area contributed by atoms with Gasteiger partial charge < -0.3 is 15.7 Å². The summed E-state index contributed by atoms with van der Waals surface area (Å²) in [7, 11) is 0. The first kappa shape index (κ1) is 12.6. The molecule has 18 heavy (non-hydrogen) atoms. The van der Waals surface area contributed by atoms with E-state index in [0.29, 0.717) is 6.54 Å². The highest BCUT2D eigenvalue weighted by molar-refractivity contribution is 5.81. The van der Waals surface area contributed by atoms with E-state index < -0.39 is 11.9 Å². The number of benzene rings is 1. The molecule has 1 aliphatic heterocycles. The van der Waals surface area contributed by atoms with Gasteiger partial charge in [-0.15, -0.1) is 0 Å². The maximum absolute atomic E-state index is 11.8. The maximum Gasteiger partial charge on any atom is 0.312 e. The first-order valence-corrected chi connectivity index (χ1v) is 5.92. The number of hydrogen-bond acceptors (Lipinski definition) is 3. The molecule has 96 valence electrons. The number of rotatable bonds is 3. The summed E-state index contributed by atoms with van der Waals surface area (Å²) in [6.45, 7) is 0.985. The van der Waals surface area contributed by atoms with E-state index in [1.54, 1.807) is 4.90 Å². The van der Waals surface area contributed by atoms with E-state index in [0.717, 1.165) is 11.1 Å². The molecule has 1 atom stereocenters. The molecule has 0 bridgehead atoms. The molecule has 3 N–H and O–H groups in total. The van der Waals surface area contributed by atoms with Gasteiger partial charge in [0.1, 0.15) is 0 Å². The average molecular weight is 248 g/mol. The van der Waals surface area contributed by atoms with E-state index >= 15 is 0 Å². The molecular weight excluding hydrogens is 232 g/mol. The van der Waals surface area contributed by atoms with Crippen LogP contribution in [0, 0.1) is 0 Å². The molecule has 1 heterocycles. The Bertz CT molecular complexity index is 473. The van der Waals surface area contributed by atoms with Crippen molar-refractivity contribution >= 4 is 11.9 Å². The quantitative estimate of drug-likeness (QED) is 0.818. The van der Waals surface area contributed by atoms with E-state index in [9.17, 15) is 14.7 Å². The van der Waals surface area contributed by atoms with Crippen molar-refractivity contribution in [2.75, 3.05) is 13.1 Å². The summed E-state index contributed by atoms with van der Waals surface area (Å²) in [6, 6.07) is 7.37. The van der Waals surface area contributed by atoms with Gasteiger partial charge in [-0.25, -0.2) is 0 Å². The van der Waals surface area contributed by atoms with Crippen LogP contribution in [0.2, 0.25) is 0 Å². The summed E-state index contributed by atoms with van der Waals surface area (Å²) >= 11 is 0. The number of hydrogen-bond donors (Lipinski definition) is 2. The second-order valence-corrected chi connectivity index (χ2v) is 4.40. The molecular formula is C13H16N2O3. The largest absolute Gasteiger partial charge is 0.481 e. The first-order chi connectivity index (χ1) is 8.63. The van der Waals surface area contributed by atoms with Crippen LogP contribution >= 0.6 is 0 Å². The highest BCUT2D eigenvalue weighted by Crippen LogP contribution is 2.28. The topological polar surface area (TPSA) is 83.6 Å². The number of nitrogens with two attached hydrogens (primary N) is 1. The van der Waals surface area contributed by atoms with Crippen LogP contribution in [0.15, 0.2) is 24.3 Å². The summed E-state index contributed by atoms with van der Waals surface area (Å²) in [5, 5.41) is 9.25. The zero-order valence-corrected chi connectivity index (χ0v) is 10.0. The summed E-state index contributed by atoms with van der Waals surface area (Å²) < 4.78 is 0. The molecule has 0 aromatic heterocycles. The number of carboxylic acid groups (broad SMARTS) is 1. The normalized spacial score (nSPS) is 18.3. The van der Waals surface area contributed by atoms with Gasteiger partial charge in [0.2, 0.25) is 5.91 Å². The molecule has 0 saturated heterocycles. The second-order valence-electron chi connectivity index (χ2n) is 4.40. The number of carbonyl (C=O) groups is 2. The third kappa shape index (κ3) is 2.36. The highest BCUT2D eigenvalue weighted by atomic mass is 16.4. The fraction of sp³-hybridized carbons (Fsp3) is 0.385. The molecule has 1 unspecified atom stereocenters. The highest BCUT2D eigenvalue weighted by Gasteiger charge is 2.31. The van der Waals surface area contributed by atoms with Crippen LogP contribution in [0.3, 0.4) is 0 Å². The second kappa shape index (κ2) is 5.18. The molecule has 0 radical (unpaired) electrons.